The fourth-order valence-electron chi connectivity index (χ4n) is 2.48. The van der Waals surface area contributed by atoms with Crippen molar-refractivity contribution >= 4 is 27.9 Å². The summed E-state index contributed by atoms with van der Waals surface area (Å²) >= 11 is 3.33. The van der Waals surface area contributed by atoms with E-state index in [1.165, 1.54) is 0 Å². The van der Waals surface area contributed by atoms with Gasteiger partial charge in [0.25, 0.3) is 5.91 Å². The molecule has 0 aliphatic heterocycles. The Morgan fingerprint density at radius 3 is 2.42 bits per heavy atom. The molecule has 0 radical (unpaired) electrons. The van der Waals surface area contributed by atoms with E-state index in [-0.39, 0.29) is 18.0 Å². The van der Waals surface area contributed by atoms with E-state index < -0.39 is 0 Å². The van der Waals surface area contributed by atoms with Crippen LogP contribution in [0.25, 0.3) is 0 Å². The largest absolute Gasteiger partial charge is 0.361 e. The van der Waals surface area contributed by atoms with Gasteiger partial charge in [-0.2, -0.15) is 0 Å². The number of amides is 3. The van der Waals surface area contributed by atoms with Crippen molar-refractivity contribution in [2.24, 2.45) is 0 Å². The Balaban J connectivity index is 1.67. The second-order valence-electron chi connectivity index (χ2n) is 6.07. The molecule has 0 aliphatic carbocycles. The van der Waals surface area contributed by atoms with Gasteiger partial charge in [-0.15, -0.1) is 0 Å². The molecule has 2 aromatic rings. The third kappa shape index (κ3) is 5.87. The van der Waals surface area contributed by atoms with Crippen molar-refractivity contribution in [1.82, 2.24) is 21.1 Å². The molecule has 140 valence electrons. The van der Waals surface area contributed by atoms with Crippen LogP contribution in [0.1, 0.15) is 34.3 Å². The number of aromatic nitrogens is 1. The van der Waals surface area contributed by atoms with Gasteiger partial charge in [0.1, 0.15) is 5.76 Å². The lowest BCUT2D eigenvalue weighted by molar-refractivity contribution is 0.0953. The summed E-state index contributed by atoms with van der Waals surface area (Å²) in [6.07, 6.45) is 0.648. The van der Waals surface area contributed by atoms with Gasteiger partial charge >= 0.3 is 6.03 Å². The van der Waals surface area contributed by atoms with Crippen LogP contribution in [0.4, 0.5) is 4.79 Å². The first-order chi connectivity index (χ1) is 12.4. The zero-order valence-electron chi connectivity index (χ0n) is 15.1. The normalized spacial score (nSPS) is 11.7. The van der Waals surface area contributed by atoms with Crippen molar-refractivity contribution in [3.8, 4) is 0 Å². The van der Waals surface area contributed by atoms with E-state index in [0.717, 1.165) is 21.5 Å². The number of nitrogens with one attached hydrogen (secondary N) is 3. The lowest BCUT2D eigenvalue weighted by atomic mass is 10.1. The molecule has 2 rings (SSSR count). The third-order valence-electron chi connectivity index (χ3n) is 3.87. The molecule has 1 atom stereocenters. The maximum Gasteiger partial charge on any atom is 0.315 e. The molecule has 26 heavy (non-hydrogen) atoms. The summed E-state index contributed by atoms with van der Waals surface area (Å²) in [5, 5.41) is 12.3. The van der Waals surface area contributed by atoms with Gasteiger partial charge in [-0.25, -0.2) is 4.79 Å². The number of hydrogen-bond acceptors (Lipinski definition) is 4. The predicted octanol–water partition coefficient (Wildman–Crippen LogP) is 2.71. The molecule has 1 aromatic carbocycles. The minimum absolute atomic E-state index is 0.0656. The zero-order chi connectivity index (χ0) is 19.1. The van der Waals surface area contributed by atoms with Gasteiger partial charge in [-0.1, -0.05) is 21.1 Å². The zero-order valence-corrected chi connectivity index (χ0v) is 16.6. The van der Waals surface area contributed by atoms with Crippen LogP contribution >= 0.6 is 15.9 Å². The summed E-state index contributed by atoms with van der Waals surface area (Å²) in [4.78, 5) is 23.9. The van der Waals surface area contributed by atoms with E-state index in [1.54, 1.807) is 24.3 Å². The number of benzene rings is 1. The van der Waals surface area contributed by atoms with Gasteiger partial charge in [0.05, 0.1) is 5.69 Å². The molecule has 8 heteroatoms. The maximum atomic E-state index is 12.0. The van der Waals surface area contributed by atoms with E-state index in [0.29, 0.717) is 25.1 Å². The molecule has 3 N–H and O–H groups in total. The van der Waals surface area contributed by atoms with E-state index in [2.05, 4.69) is 37.0 Å². The number of aryl methyl sites for hydroxylation is 2. The van der Waals surface area contributed by atoms with Gasteiger partial charge in [-0.05, 0) is 51.5 Å². The minimum Gasteiger partial charge on any atom is -0.361 e. The van der Waals surface area contributed by atoms with Crippen LogP contribution in [0.2, 0.25) is 0 Å². The minimum atomic E-state index is -0.276. The molecule has 1 aromatic heterocycles. The van der Waals surface area contributed by atoms with Crippen molar-refractivity contribution in [1.29, 1.82) is 0 Å². The maximum absolute atomic E-state index is 12.0. The number of nitrogens with zero attached hydrogens (tertiary/aromatic N) is 1. The Morgan fingerprint density at radius 1 is 1.15 bits per heavy atom. The van der Waals surface area contributed by atoms with Crippen LogP contribution < -0.4 is 16.0 Å². The third-order valence-corrected chi connectivity index (χ3v) is 4.40. The van der Waals surface area contributed by atoms with Gasteiger partial charge in [0, 0.05) is 34.7 Å². The smallest absolute Gasteiger partial charge is 0.315 e. The molecule has 7 nitrogen and oxygen atoms in total. The van der Waals surface area contributed by atoms with E-state index in [4.69, 9.17) is 4.52 Å². The molecular formula is C18H23BrN4O3. The van der Waals surface area contributed by atoms with Crippen molar-refractivity contribution in [2.75, 3.05) is 13.1 Å². The monoisotopic (exact) mass is 422 g/mol. The SMILES string of the molecule is Cc1noc(C)c1CC(C)NC(=O)NCCNC(=O)c1ccc(Br)cc1. The van der Waals surface area contributed by atoms with Crippen LogP contribution in [0.5, 0.6) is 0 Å². The summed E-state index contributed by atoms with van der Waals surface area (Å²) in [6, 6.07) is 6.74. The summed E-state index contributed by atoms with van der Waals surface area (Å²) in [5.74, 6) is 0.596. The first-order valence-electron chi connectivity index (χ1n) is 8.36. The second kappa shape index (κ2) is 9.38. The molecule has 1 unspecified atom stereocenters. The Labute approximate surface area is 161 Å². The highest BCUT2D eigenvalue weighted by molar-refractivity contribution is 9.10. The fraction of sp³-hybridized carbons (Fsp3) is 0.389. The summed E-state index contributed by atoms with van der Waals surface area (Å²) in [7, 11) is 0. The number of carbonyl (C=O) groups is 2. The number of hydrogen-bond donors (Lipinski definition) is 3. The fourth-order valence-corrected chi connectivity index (χ4v) is 2.75. The van der Waals surface area contributed by atoms with Crippen LogP contribution in [0, 0.1) is 13.8 Å². The lowest BCUT2D eigenvalue weighted by Crippen LogP contribution is -2.44. The highest BCUT2D eigenvalue weighted by Crippen LogP contribution is 2.14. The van der Waals surface area contributed by atoms with Gasteiger partial charge in [-0.3, -0.25) is 4.79 Å². The van der Waals surface area contributed by atoms with Gasteiger partial charge in [0.15, 0.2) is 0 Å². The molecule has 0 spiro atoms. The van der Waals surface area contributed by atoms with E-state index in [9.17, 15) is 9.59 Å². The van der Waals surface area contributed by atoms with E-state index in [1.807, 2.05) is 20.8 Å². The molecule has 0 fully saturated rings. The van der Waals surface area contributed by atoms with Crippen molar-refractivity contribution in [3.63, 3.8) is 0 Å². The number of urea groups is 1. The standard InChI is InChI=1S/C18H23BrN4O3/c1-11(10-16-12(2)23-26-13(16)3)22-18(25)21-9-8-20-17(24)14-4-6-15(19)7-5-14/h4-7,11H,8-10H2,1-3H3,(H,20,24)(H2,21,22,25). The highest BCUT2D eigenvalue weighted by Gasteiger charge is 2.14. The van der Waals surface area contributed by atoms with Gasteiger partial charge in [0.2, 0.25) is 0 Å². The number of rotatable bonds is 7. The van der Waals surface area contributed by atoms with Crippen LogP contribution in [0.3, 0.4) is 0 Å². The lowest BCUT2D eigenvalue weighted by Gasteiger charge is -2.14. The molecule has 1 heterocycles. The van der Waals surface area contributed by atoms with Crippen LogP contribution in [-0.4, -0.2) is 36.2 Å². The van der Waals surface area contributed by atoms with Gasteiger partial charge < -0.3 is 20.5 Å². The summed E-state index contributed by atoms with van der Waals surface area (Å²) in [5.41, 5.74) is 2.43. The quantitative estimate of drug-likeness (QED) is 0.597. The Kier molecular flexibility index (Phi) is 7.20. The average Bonchev–Trinajstić information content (AvgIpc) is 2.91. The summed E-state index contributed by atoms with van der Waals surface area (Å²) < 4.78 is 6.04. The number of carbonyl (C=O) groups excluding carboxylic acids is 2. The topological polar surface area (TPSA) is 96.3 Å². The first-order valence-corrected chi connectivity index (χ1v) is 9.16. The van der Waals surface area contributed by atoms with Crippen LogP contribution in [0.15, 0.2) is 33.3 Å². The molecular weight excluding hydrogens is 400 g/mol. The Hall–Kier alpha value is -2.35. The Bertz CT molecular complexity index is 739. The van der Waals surface area contributed by atoms with Crippen LogP contribution in [-0.2, 0) is 6.42 Å². The first kappa shape index (κ1) is 20.0. The molecule has 0 bridgehead atoms. The Morgan fingerprint density at radius 2 is 1.81 bits per heavy atom. The highest BCUT2D eigenvalue weighted by atomic mass is 79.9. The molecule has 0 aliphatic rings. The van der Waals surface area contributed by atoms with Crippen molar-refractivity contribution in [3.05, 3.63) is 51.3 Å². The number of halogens is 1. The van der Waals surface area contributed by atoms with E-state index >= 15 is 0 Å². The molecule has 3 amide bonds. The second-order valence-corrected chi connectivity index (χ2v) is 6.99. The van der Waals surface area contributed by atoms with Crippen molar-refractivity contribution in [2.45, 2.75) is 33.2 Å². The predicted molar refractivity (Wildman–Crippen MR) is 102 cm³/mol. The van der Waals surface area contributed by atoms with Crippen molar-refractivity contribution < 1.29 is 14.1 Å². The summed E-state index contributed by atoms with van der Waals surface area (Å²) in [6.45, 7) is 6.34. The molecule has 0 saturated carbocycles. The average molecular weight is 423 g/mol. The molecule has 0 saturated heterocycles.